The Bertz CT molecular complexity index is 616. The van der Waals surface area contributed by atoms with Gasteiger partial charge in [-0.15, -0.1) is 0 Å². The van der Waals surface area contributed by atoms with E-state index in [1.165, 1.54) is 5.56 Å². The lowest BCUT2D eigenvalue weighted by atomic mass is 10.1. The first kappa shape index (κ1) is 14.8. The van der Waals surface area contributed by atoms with Crippen molar-refractivity contribution in [3.63, 3.8) is 0 Å². The van der Waals surface area contributed by atoms with Crippen LogP contribution in [0.2, 0.25) is 0 Å². The van der Waals surface area contributed by atoms with Gasteiger partial charge in [0.05, 0.1) is 33.2 Å². The van der Waals surface area contributed by atoms with Crippen molar-refractivity contribution in [3.8, 4) is 0 Å². The van der Waals surface area contributed by atoms with Crippen LogP contribution in [0.15, 0.2) is 60.7 Å². The van der Waals surface area contributed by atoms with Crippen LogP contribution in [0.5, 0.6) is 0 Å². The summed E-state index contributed by atoms with van der Waals surface area (Å²) < 4.78 is 1.00. The molecule has 0 unspecified atom stereocenters. The van der Waals surface area contributed by atoms with Gasteiger partial charge in [0.25, 0.3) is 5.91 Å². The third-order valence-corrected chi connectivity index (χ3v) is 4.53. The number of carbonyl (C=O) groups excluding carboxylic acids is 1. The highest BCUT2D eigenvalue weighted by molar-refractivity contribution is 5.94. The second kappa shape index (κ2) is 6.32. The number of rotatable bonds is 3. The number of benzene rings is 2. The predicted molar refractivity (Wildman–Crippen MR) is 88.4 cm³/mol. The van der Waals surface area contributed by atoms with Crippen molar-refractivity contribution in [2.45, 2.75) is 6.54 Å². The van der Waals surface area contributed by atoms with Crippen LogP contribution in [0.1, 0.15) is 15.9 Å². The number of nitrogens with zero attached hydrogens (tertiary/aromatic N) is 2. The molecule has 3 nitrogen and oxygen atoms in total. The van der Waals surface area contributed by atoms with Gasteiger partial charge in [-0.25, -0.2) is 0 Å². The van der Waals surface area contributed by atoms with Gasteiger partial charge in [-0.3, -0.25) is 4.79 Å². The molecule has 0 N–H and O–H groups in total. The van der Waals surface area contributed by atoms with Crippen molar-refractivity contribution in [3.05, 3.63) is 71.8 Å². The molecular weight excluding hydrogens is 272 g/mol. The van der Waals surface area contributed by atoms with Gasteiger partial charge in [0.1, 0.15) is 6.54 Å². The first-order chi connectivity index (χ1) is 10.7. The molecule has 0 atom stereocenters. The van der Waals surface area contributed by atoms with Gasteiger partial charge in [0, 0.05) is 11.1 Å². The highest BCUT2D eigenvalue weighted by Crippen LogP contribution is 2.17. The molecule has 1 fully saturated rings. The second-order valence-electron chi connectivity index (χ2n) is 6.37. The van der Waals surface area contributed by atoms with Crippen LogP contribution < -0.4 is 0 Å². The monoisotopic (exact) mass is 295 g/mol. The van der Waals surface area contributed by atoms with E-state index in [2.05, 4.69) is 37.4 Å². The Morgan fingerprint density at radius 3 is 2.09 bits per heavy atom. The van der Waals surface area contributed by atoms with E-state index in [1.807, 2.05) is 35.2 Å². The summed E-state index contributed by atoms with van der Waals surface area (Å²) in [6.07, 6.45) is 0. The zero-order valence-electron chi connectivity index (χ0n) is 13.1. The quantitative estimate of drug-likeness (QED) is 0.797. The van der Waals surface area contributed by atoms with Crippen LogP contribution in [0.4, 0.5) is 0 Å². The second-order valence-corrected chi connectivity index (χ2v) is 6.37. The highest BCUT2D eigenvalue weighted by Gasteiger charge is 2.31. The molecule has 1 saturated heterocycles. The summed E-state index contributed by atoms with van der Waals surface area (Å²) in [7, 11) is 2.29. The summed E-state index contributed by atoms with van der Waals surface area (Å²) in [5.41, 5.74) is 2.16. The molecule has 22 heavy (non-hydrogen) atoms. The summed E-state index contributed by atoms with van der Waals surface area (Å²) in [6, 6.07) is 20.2. The maximum atomic E-state index is 12.5. The summed E-state index contributed by atoms with van der Waals surface area (Å²) in [5, 5.41) is 0. The Labute approximate surface area is 132 Å². The molecule has 2 aromatic carbocycles. The van der Waals surface area contributed by atoms with E-state index >= 15 is 0 Å². The van der Waals surface area contributed by atoms with Crippen LogP contribution >= 0.6 is 0 Å². The lowest BCUT2D eigenvalue weighted by Crippen LogP contribution is -2.57. The molecule has 0 spiro atoms. The summed E-state index contributed by atoms with van der Waals surface area (Å²) in [5.74, 6) is 0.159. The number of carbonyl (C=O) groups is 1. The summed E-state index contributed by atoms with van der Waals surface area (Å²) in [6.45, 7) is 4.71. The van der Waals surface area contributed by atoms with Gasteiger partial charge in [-0.2, -0.15) is 0 Å². The van der Waals surface area contributed by atoms with E-state index in [4.69, 9.17) is 0 Å². The van der Waals surface area contributed by atoms with E-state index < -0.39 is 0 Å². The van der Waals surface area contributed by atoms with Gasteiger partial charge in [-0.1, -0.05) is 48.5 Å². The fourth-order valence-electron chi connectivity index (χ4n) is 3.10. The number of amides is 1. The molecule has 0 aromatic heterocycles. The molecule has 1 amide bonds. The van der Waals surface area contributed by atoms with Crippen LogP contribution in [-0.2, 0) is 6.54 Å². The van der Waals surface area contributed by atoms with Crippen LogP contribution in [0.25, 0.3) is 0 Å². The molecule has 1 heterocycles. The lowest BCUT2D eigenvalue weighted by molar-refractivity contribution is -0.926. The maximum Gasteiger partial charge on any atom is 0.254 e. The first-order valence-electron chi connectivity index (χ1n) is 7.88. The Morgan fingerprint density at radius 1 is 0.955 bits per heavy atom. The third-order valence-electron chi connectivity index (χ3n) is 4.53. The minimum atomic E-state index is 0.159. The van der Waals surface area contributed by atoms with Crippen molar-refractivity contribution in [2.75, 3.05) is 33.2 Å². The molecular formula is C19H23N2O+. The van der Waals surface area contributed by atoms with Crippen LogP contribution in [-0.4, -0.2) is 48.5 Å². The predicted octanol–water partition coefficient (Wildman–Crippen LogP) is 2.79. The van der Waals surface area contributed by atoms with Crippen LogP contribution in [0.3, 0.4) is 0 Å². The van der Waals surface area contributed by atoms with Gasteiger partial charge in [-0.05, 0) is 12.1 Å². The van der Waals surface area contributed by atoms with Crippen molar-refractivity contribution < 1.29 is 9.28 Å². The third kappa shape index (κ3) is 3.37. The minimum Gasteiger partial charge on any atom is -0.327 e. The average molecular weight is 295 g/mol. The van der Waals surface area contributed by atoms with Gasteiger partial charge >= 0.3 is 0 Å². The smallest absolute Gasteiger partial charge is 0.254 e. The van der Waals surface area contributed by atoms with E-state index in [-0.39, 0.29) is 5.91 Å². The zero-order chi connectivity index (χ0) is 15.4. The largest absolute Gasteiger partial charge is 0.327 e. The number of piperazine rings is 1. The highest BCUT2D eigenvalue weighted by atomic mass is 16.2. The number of likely N-dealkylation sites (N-methyl/N-ethyl adjacent to an activating group) is 1. The topological polar surface area (TPSA) is 20.3 Å². The van der Waals surface area contributed by atoms with Gasteiger partial charge < -0.3 is 9.38 Å². The number of hydrogen-bond donors (Lipinski definition) is 0. The number of quaternary nitrogens is 1. The lowest BCUT2D eigenvalue weighted by Gasteiger charge is -2.42. The summed E-state index contributed by atoms with van der Waals surface area (Å²) in [4.78, 5) is 14.5. The Hall–Kier alpha value is -2.13. The van der Waals surface area contributed by atoms with Gasteiger partial charge in [0.15, 0.2) is 0 Å². The fraction of sp³-hybridized carbons (Fsp3) is 0.316. The van der Waals surface area contributed by atoms with E-state index in [1.54, 1.807) is 0 Å². The van der Waals surface area contributed by atoms with Crippen molar-refractivity contribution >= 4 is 5.91 Å². The number of hydrogen-bond acceptors (Lipinski definition) is 1. The molecule has 0 aliphatic carbocycles. The molecule has 1 aliphatic rings. The van der Waals surface area contributed by atoms with Crippen molar-refractivity contribution in [1.82, 2.24) is 4.90 Å². The first-order valence-corrected chi connectivity index (χ1v) is 7.88. The molecule has 3 rings (SSSR count). The Balaban J connectivity index is 1.61. The molecule has 1 aliphatic heterocycles. The molecule has 0 radical (unpaired) electrons. The molecule has 0 saturated carbocycles. The molecule has 2 aromatic rings. The fourth-order valence-corrected chi connectivity index (χ4v) is 3.10. The normalized spacial score (nSPS) is 17.2. The van der Waals surface area contributed by atoms with Crippen LogP contribution in [0, 0.1) is 0 Å². The maximum absolute atomic E-state index is 12.5. The standard InChI is InChI=1S/C19H23N2O/c1-21(16-17-8-4-2-5-9-17)14-12-20(13-15-21)19(22)18-10-6-3-7-11-18/h2-11H,12-16H2,1H3/q+1. The summed E-state index contributed by atoms with van der Waals surface area (Å²) >= 11 is 0. The van der Waals surface area contributed by atoms with E-state index in [9.17, 15) is 4.79 Å². The molecule has 3 heteroatoms. The van der Waals surface area contributed by atoms with E-state index in [0.29, 0.717) is 0 Å². The SMILES string of the molecule is C[N+]1(Cc2ccccc2)CCN(C(=O)c2ccccc2)CC1. The minimum absolute atomic E-state index is 0.159. The Morgan fingerprint density at radius 2 is 1.50 bits per heavy atom. The zero-order valence-corrected chi connectivity index (χ0v) is 13.1. The van der Waals surface area contributed by atoms with E-state index in [0.717, 1.165) is 42.8 Å². The van der Waals surface area contributed by atoms with Gasteiger partial charge in [0.2, 0.25) is 0 Å². The molecule has 0 bridgehead atoms. The van der Waals surface area contributed by atoms with Crippen molar-refractivity contribution in [2.24, 2.45) is 0 Å². The Kier molecular flexibility index (Phi) is 4.25. The average Bonchev–Trinajstić information content (AvgIpc) is 2.56. The molecule has 114 valence electrons. The van der Waals surface area contributed by atoms with Crippen molar-refractivity contribution in [1.29, 1.82) is 0 Å².